The Morgan fingerprint density at radius 1 is 0.911 bits per heavy atom. The number of rotatable bonds is 9. The van der Waals surface area contributed by atoms with Gasteiger partial charge < -0.3 is 15.4 Å². The smallest absolute Gasteiger partial charge is 0.255 e. The number of ether oxygens (including phenoxy) is 1. The van der Waals surface area contributed by atoms with Crippen molar-refractivity contribution >= 4 is 29.3 Å². The van der Waals surface area contributed by atoms with Crippen molar-refractivity contribution in [1.82, 2.24) is 14.8 Å². The second kappa shape index (κ2) is 13.0. The minimum Gasteiger partial charge on any atom is -0.489 e. The van der Waals surface area contributed by atoms with Crippen LogP contribution in [0.5, 0.6) is 5.75 Å². The fourth-order valence-corrected chi connectivity index (χ4v) is 6.17. The molecule has 6 rings (SSSR count). The maximum absolute atomic E-state index is 14.3. The molecule has 2 N–H and O–H groups in total. The fraction of sp³-hybridized carbons (Fsp3) is 0.194. The molecule has 45 heavy (non-hydrogen) atoms. The summed E-state index contributed by atoms with van der Waals surface area (Å²) >= 11 is 1.34. The van der Waals surface area contributed by atoms with Gasteiger partial charge in [0.25, 0.3) is 5.91 Å². The third kappa shape index (κ3) is 6.63. The number of halogens is 1. The topological polar surface area (TPSA) is 81.1 Å². The number of anilines is 2. The van der Waals surface area contributed by atoms with E-state index in [0.29, 0.717) is 46.0 Å². The van der Waals surface area contributed by atoms with Crippen LogP contribution in [0, 0.1) is 26.6 Å². The number of para-hydroxylation sites is 1. The lowest BCUT2D eigenvalue weighted by Gasteiger charge is -2.28. The Kier molecular flexibility index (Phi) is 8.71. The zero-order valence-electron chi connectivity index (χ0n) is 25.6. The highest BCUT2D eigenvalue weighted by molar-refractivity contribution is 7.98. The van der Waals surface area contributed by atoms with Crippen LogP contribution in [0.4, 0.5) is 16.0 Å². The van der Waals surface area contributed by atoms with Crippen LogP contribution in [-0.2, 0) is 17.2 Å². The molecule has 1 aromatic heterocycles. The minimum absolute atomic E-state index is 0.247. The SMILES string of the molecule is CC1=C(C(=O)Nc2ccccc2)C(c2ccc(OCc3cc(C)c(C)cc3C)cc2)n2nc(SCc3ccccc3F)nc2N1. The molecule has 1 aliphatic rings. The van der Waals surface area contributed by atoms with E-state index < -0.39 is 6.04 Å². The zero-order valence-corrected chi connectivity index (χ0v) is 26.4. The molecule has 0 spiro atoms. The van der Waals surface area contributed by atoms with Crippen molar-refractivity contribution in [2.24, 2.45) is 0 Å². The van der Waals surface area contributed by atoms with Gasteiger partial charge in [0.05, 0.1) is 5.57 Å². The largest absolute Gasteiger partial charge is 0.489 e. The fourth-order valence-electron chi connectivity index (χ4n) is 5.36. The molecule has 5 aromatic rings. The van der Waals surface area contributed by atoms with Crippen molar-refractivity contribution in [1.29, 1.82) is 0 Å². The highest BCUT2D eigenvalue weighted by Crippen LogP contribution is 2.38. The number of fused-ring (bicyclic) bond motifs is 1. The van der Waals surface area contributed by atoms with Crippen LogP contribution in [0.1, 0.15) is 46.3 Å². The molecule has 1 unspecified atom stereocenters. The van der Waals surface area contributed by atoms with Crippen molar-refractivity contribution in [3.63, 3.8) is 0 Å². The van der Waals surface area contributed by atoms with Gasteiger partial charge in [0.2, 0.25) is 11.1 Å². The predicted octanol–water partition coefficient (Wildman–Crippen LogP) is 8.14. The number of carbonyl (C=O) groups is 1. The zero-order chi connectivity index (χ0) is 31.5. The third-order valence-electron chi connectivity index (χ3n) is 7.97. The third-order valence-corrected chi connectivity index (χ3v) is 8.85. The molecule has 4 aromatic carbocycles. The molecule has 0 saturated heterocycles. The summed E-state index contributed by atoms with van der Waals surface area (Å²) in [6.07, 6.45) is 0. The molecule has 0 radical (unpaired) electrons. The summed E-state index contributed by atoms with van der Waals surface area (Å²) in [5, 5.41) is 11.6. The summed E-state index contributed by atoms with van der Waals surface area (Å²) in [5.74, 6) is 1.10. The van der Waals surface area contributed by atoms with E-state index in [1.807, 2.05) is 67.6 Å². The number of thioether (sulfide) groups is 1. The summed E-state index contributed by atoms with van der Waals surface area (Å²) in [6, 6.07) is 27.6. The number of carbonyl (C=O) groups excluding carboxylic acids is 1. The second-order valence-electron chi connectivity index (χ2n) is 11.1. The number of aryl methyl sites for hydroxylation is 3. The predicted molar refractivity (Wildman–Crippen MR) is 177 cm³/mol. The Labute approximate surface area is 266 Å². The van der Waals surface area contributed by atoms with Gasteiger partial charge in [-0.05, 0) is 91.4 Å². The maximum Gasteiger partial charge on any atom is 0.255 e. The van der Waals surface area contributed by atoms with Gasteiger partial charge in [-0.15, -0.1) is 5.10 Å². The second-order valence-corrected chi connectivity index (χ2v) is 12.1. The highest BCUT2D eigenvalue weighted by atomic mass is 32.2. The number of nitrogens with zero attached hydrogens (tertiary/aromatic N) is 3. The number of hydrogen-bond donors (Lipinski definition) is 2. The summed E-state index contributed by atoms with van der Waals surface area (Å²) < 4.78 is 22.2. The monoisotopic (exact) mass is 619 g/mol. The molecule has 1 aliphatic heterocycles. The number of hydrogen-bond acceptors (Lipinski definition) is 6. The van der Waals surface area contributed by atoms with Crippen LogP contribution in [0.15, 0.2) is 107 Å². The van der Waals surface area contributed by atoms with Crippen LogP contribution in [0.2, 0.25) is 0 Å². The van der Waals surface area contributed by atoms with E-state index in [1.165, 1.54) is 34.5 Å². The molecule has 7 nitrogen and oxygen atoms in total. The standard InChI is InChI=1S/C36H34FN5O2S/c1-22-18-24(3)28(19-23(22)2)20-44-30-16-14-26(15-17-30)33-32(34(43)39-29-11-6-5-7-12-29)25(4)38-35-40-36(41-42(33)35)45-21-27-10-8-9-13-31(27)37/h5-19,33H,20-21H2,1-4H3,(H,39,43)(H,38,40,41). The van der Waals surface area contributed by atoms with Gasteiger partial charge in [-0.2, -0.15) is 4.98 Å². The molecule has 0 bridgehead atoms. The highest BCUT2D eigenvalue weighted by Gasteiger charge is 2.34. The molecule has 2 heterocycles. The van der Waals surface area contributed by atoms with Crippen LogP contribution >= 0.6 is 11.8 Å². The van der Waals surface area contributed by atoms with Gasteiger partial charge in [-0.3, -0.25) is 4.79 Å². The Morgan fingerprint density at radius 2 is 1.62 bits per heavy atom. The van der Waals surface area contributed by atoms with Crippen LogP contribution < -0.4 is 15.4 Å². The van der Waals surface area contributed by atoms with Gasteiger partial charge in [-0.1, -0.05) is 72.4 Å². The molecule has 1 atom stereocenters. The molecular weight excluding hydrogens is 585 g/mol. The number of aromatic nitrogens is 3. The Hall–Kier alpha value is -4.89. The first kappa shape index (κ1) is 30.1. The van der Waals surface area contributed by atoms with Crippen molar-refractivity contribution in [2.45, 2.75) is 51.3 Å². The van der Waals surface area contributed by atoms with Crippen molar-refractivity contribution in [2.75, 3.05) is 10.6 Å². The van der Waals surface area contributed by atoms with Crippen molar-refractivity contribution < 1.29 is 13.9 Å². The van der Waals surface area contributed by atoms with Crippen molar-refractivity contribution in [3.05, 3.63) is 141 Å². The first-order valence-electron chi connectivity index (χ1n) is 14.7. The summed E-state index contributed by atoms with van der Waals surface area (Å²) in [5.41, 5.74) is 8.14. The lowest BCUT2D eigenvalue weighted by Crippen LogP contribution is -2.31. The lowest BCUT2D eigenvalue weighted by molar-refractivity contribution is -0.113. The number of amides is 1. The van der Waals surface area contributed by atoms with E-state index in [2.05, 4.69) is 43.5 Å². The van der Waals surface area contributed by atoms with E-state index in [9.17, 15) is 9.18 Å². The Balaban J connectivity index is 1.29. The van der Waals surface area contributed by atoms with E-state index >= 15 is 0 Å². The number of benzene rings is 4. The quantitative estimate of drug-likeness (QED) is 0.162. The lowest BCUT2D eigenvalue weighted by atomic mass is 9.95. The number of nitrogens with one attached hydrogen (secondary N) is 2. The van der Waals surface area contributed by atoms with Crippen LogP contribution in [-0.4, -0.2) is 20.7 Å². The van der Waals surface area contributed by atoms with E-state index in [0.717, 1.165) is 16.9 Å². The summed E-state index contributed by atoms with van der Waals surface area (Å²) in [7, 11) is 0. The Bertz CT molecular complexity index is 1890. The van der Waals surface area contributed by atoms with Crippen LogP contribution in [0.25, 0.3) is 0 Å². The van der Waals surface area contributed by atoms with Gasteiger partial charge in [0, 0.05) is 17.1 Å². The van der Waals surface area contributed by atoms with E-state index in [4.69, 9.17) is 14.8 Å². The average molecular weight is 620 g/mol. The molecule has 228 valence electrons. The van der Waals surface area contributed by atoms with E-state index in [1.54, 1.807) is 16.8 Å². The van der Waals surface area contributed by atoms with E-state index in [-0.39, 0.29) is 11.7 Å². The maximum atomic E-state index is 14.3. The molecule has 9 heteroatoms. The van der Waals surface area contributed by atoms with Gasteiger partial charge in [-0.25, -0.2) is 9.07 Å². The molecule has 0 aliphatic carbocycles. The molecule has 0 fully saturated rings. The normalized spacial score (nSPS) is 14.1. The van der Waals surface area contributed by atoms with Gasteiger partial charge in [0.15, 0.2) is 0 Å². The number of allylic oxidation sites excluding steroid dienone is 1. The average Bonchev–Trinajstić information content (AvgIpc) is 3.44. The van der Waals surface area contributed by atoms with Gasteiger partial charge >= 0.3 is 0 Å². The van der Waals surface area contributed by atoms with Crippen molar-refractivity contribution in [3.8, 4) is 5.75 Å². The Morgan fingerprint density at radius 3 is 2.38 bits per heavy atom. The molecule has 0 saturated carbocycles. The first-order chi connectivity index (χ1) is 21.8. The minimum atomic E-state index is -0.559. The molecular formula is C36H34FN5O2S. The van der Waals surface area contributed by atoms with Gasteiger partial charge in [0.1, 0.15) is 24.2 Å². The summed E-state index contributed by atoms with van der Waals surface area (Å²) in [6.45, 7) is 8.64. The first-order valence-corrected chi connectivity index (χ1v) is 15.7. The summed E-state index contributed by atoms with van der Waals surface area (Å²) in [4.78, 5) is 18.5. The van der Waals surface area contributed by atoms with Crippen LogP contribution in [0.3, 0.4) is 0 Å². The molecule has 1 amide bonds.